The Kier molecular flexibility index (Phi) is 16.7. The van der Waals surface area contributed by atoms with Crippen molar-refractivity contribution in [3.8, 4) is 0 Å². The van der Waals surface area contributed by atoms with Crippen molar-refractivity contribution in [2.45, 2.75) is 106 Å². The van der Waals surface area contributed by atoms with Crippen LogP contribution in [0.15, 0.2) is 12.2 Å². The zero-order valence-electron chi connectivity index (χ0n) is 15.6. The highest BCUT2D eigenvalue weighted by molar-refractivity contribution is 4.81. The highest BCUT2D eigenvalue weighted by Crippen LogP contribution is 2.42. The largest absolute Gasteiger partial charge is 0.0917 e. The fraction of sp³-hybridized carbons (Fsp3) is 0.900. The Morgan fingerprint density at radius 1 is 1.05 bits per heavy atom. The van der Waals surface area contributed by atoms with Crippen molar-refractivity contribution >= 4 is 0 Å². The minimum absolute atomic E-state index is 0.764. The molecule has 0 heteroatoms. The molecule has 2 rings (SSSR count). The van der Waals surface area contributed by atoms with Gasteiger partial charge < -0.3 is 0 Å². The summed E-state index contributed by atoms with van der Waals surface area (Å²) in [6, 6.07) is 0. The fourth-order valence-corrected chi connectivity index (χ4v) is 2.08. The van der Waals surface area contributed by atoms with Crippen molar-refractivity contribution < 1.29 is 0 Å². The van der Waals surface area contributed by atoms with E-state index in [0.717, 1.165) is 11.3 Å². The molecule has 2 aliphatic carbocycles. The summed E-state index contributed by atoms with van der Waals surface area (Å²) in [5.74, 6) is 1.06. The van der Waals surface area contributed by atoms with E-state index in [2.05, 4.69) is 46.8 Å². The molecule has 0 aliphatic heterocycles. The highest BCUT2D eigenvalue weighted by Gasteiger charge is 2.28. The van der Waals surface area contributed by atoms with Crippen LogP contribution in [-0.4, -0.2) is 0 Å². The van der Waals surface area contributed by atoms with E-state index in [1.54, 1.807) is 0 Å². The van der Waals surface area contributed by atoms with Crippen molar-refractivity contribution in [1.29, 1.82) is 0 Å². The lowest BCUT2D eigenvalue weighted by Gasteiger charge is -2.37. The van der Waals surface area contributed by atoms with Crippen LogP contribution < -0.4 is 0 Å². The molecule has 0 nitrogen and oxygen atoms in total. The summed E-state index contributed by atoms with van der Waals surface area (Å²) >= 11 is 0. The molecule has 0 atom stereocenters. The Balaban J connectivity index is 0. The first-order valence-electron chi connectivity index (χ1n) is 9.19. The van der Waals surface area contributed by atoms with Crippen molar-refractivity contribution in [2.24, 2.45) is 11.3 Å². The Hall–Kier alpha value is -0.260. The number of unbranched alkanes of at least 4 members (excludes halogenated alkanes) is 1. The van der Waals surface area contributed by atoms with Crippen LogP contribution in [0.1, 0.15) is 106 Å². The maximum absolute atomic E-state index is 2.39. The van der Waals surface area contributed by atoms with E-state index in [4.69, 9.17) is 0 Å². The molecule has 0 amide bonds. The number of hydrogen-bond donors (Lipinski definition) is 0. The van der Waals surface area contributed by atoms with Crippen molar-refractivity contribution in [1.82, 2.24) is 0 Å². The Labute approximate surface area is 130 Å². The van der Waals surface area contributed by atoms with Crippen molar-refractivity contribution in [2.75, 3.05) is 0 Å². The molecular weight excluding hydrogens is 240 g/mol. The van der Waals surface area contributed by atoms with Crippen molar-refractivity contribution in [3.63, 3.8) is 0 Å². The summed E-state index contributed by atoms with van der Waals surface area (Å²) in [4.78, 5) is 0. The van der Waals surface area contributed by atoms with Gasteiger partial charge in [-0.25, -0.2) is 0 Å². The second-order valence-corrected chi connectivity index (χ2v) is 6.41. The summed E-state index contributed by atoms with van der Waals surface area (Å²) in [7, 11) is 0. The van der Waals surface area contributed by atoms with E-state index in [1.807, 2.05) is 13.8 Å². The van der Waals surface area contributed by atoms with Crippen LogP contribution in [0.4, 0.5) is 0 Å². The van der Waals surface area contributed by atoms with Gasteiger partial charge in [0.2, 0.25) is 0 Å². The van der Waals surface area contributed by atoms with Crippen LogP contribution in [0.2, 0.25) is 0 Å². The van der Waals surface area contributed by atoms with E-state index in [1.165, 1.54) is 57.8 Å². The molecule has 0 heterocycles. The standard InChI is InChI=1S/C7H14.C6H12.C5H10.C2H6/c1-3-7(2)5-4-6-7;1-3-5-6-4-2;1-5-3-2-4-5;1-2/h3-6H2,1-2H3;3,5H,4,6H2,1-2H3;5H,2-4H2,1H3;1-2H3/b;5-3-;;. The molecule has 0 aromatic heterocycles. The van der Waals surface area contributed by atoms with Crippen LogP contribution >= 0.6 is 0 Å². The molecule has 0 unspecified atom stereocenters. The minimum atomic E-state index is 0.764. The molecule has 0 aromatic rings. The zero-order valence-corrected chi connectivity index (χ0v) is 15.6. The predicted molar refractivity (Wildman–Crippen MR) is 96.3 cm³/mol. The van der Waals surface area contributed by atoms with Gasteiger partial charge >= 0.3 is 0 Å². The maximum atomic E-state index is 2.39. The van der Waals surface area contributed by atoms with Gasteiger partial charge in [0.1, 0.15) is 0 Å². The lowest BCUT2D eigenvalue weighted by atomic mass is 9.69. The van der Waals surface area contributed by atoms with Crippen LogP contribution in [-0.2, 0) is 0 Å². The van der Waals surface area contributed by atoms with Gasteiger partial charge in [0.25, 0.3) is 0 Å². The molecule has 20 heavy (non-hydrogen) atoms. The second kappa shape index (κ2) is 15.1. The molecule has 0 radical (unpaired) electrons. The first kappa shape index (κ1) is 22.0. The molecule has 0 bridgehead atoms. The zero-order chi connectivity index (χ0) is 15.9. The van der Waals surface area contributed by atoms with Gasteiger partial charge in [-0.2, -0.15) is 0 Å². The quantitative estimate of drug-likeness (QED) is 0.463. The predicted octanol–water partition coefficient (Wildman–Crippen LogP) is 7.78. The number of allylic oxidation sites excluding steroid dienone is 2. The smallest absolute Gasteiger partial charge is 0.0328 e. The molecule has 122 valence electrons. The molecule has 0 N–H and O–H groups in total. The minimum Gasteiger partial charge on any atom is -0.0917 e. The van der Waals surface area contributed by atoms with Gasteiger partial charge in [-0.15, -0.1) is 0 Å². The summed E-state index contributed by atoms with van der Waals surface area (Å²) in [6.07, 6.45) is 17.0. The van der Waals surface area contributed by atoms with E-state index in [-0.39, 0.29) is 0 Å². The third-order valence-corrected chi connectivity index (χ3v) is 4.50. The molecule has 0 aromatic carbocycles. The monoisotopic (exact) mass is 282 g/mol. The van der Waals surface area contributed by atoms with Gasteiger partial charge in [-0.05, 0) is 37.5 Å². The summed E-state index contributed by atoms with van der Waals surface area (Å²) < 4.78 is 0. The Morgan fingerprint density at radius 3 is 1.60 bits per heavy atom. The SMILES string of the molecule is C/C=C\CCC.CC.CC1CCC1.CCC1(C)CCC1. The lowest BCUT2D eigenvalue weighted by Crippen LogP contribution is -2.23. The van der Waals surface area contributed by atoms with Crippen LogP contribution in [0.5, 0.6) is 0 Å². The molecular formula is C20H42. The summed E-state index contributed by atoms with van der Waals surface area (Å²) in [6.45, 7) is 15.2. The van der Waals surface area contributed by atoms with E-state index in [0.29, 0.717) is 0 Å². The number of hydrogen-bond acceptors (Lipinski definition) is 0. The molecule has 0 spiro atoms. The topological polar surface area (TPSA) is 0 Å². The van der Waals surface area contributed by atoms with E-state index >= 15 is 0 Å². The van der Waals surface area contributed by atoms with Gasteiger partial charge in [0, 0.05) is 0 Å². The van der Waals surface area contributed by atoms with Gasteiger partial charge in [-0.1, -0.05) is 92.2 Å². The molecule has 0 saturated heterocycles. The second-order valence-electron chi connectivity index (χ2n) is 6.41. The normalized spacial score (nSPS) is 19.1. The Bertz CT molecular complexity index is 189. The van der Waals surface area contributed by atoms with Gasteiger partial charge in [0.05, 0.1) is 0 Å². The van der Waals surface area contributed by atoms with Crippen LogP contribution in [0.25, 0.3) is 0 Å². The fourth-order valence-electron chi connectivity index (χ4n) is 2.08. The Morgan fingerprint density at radius 2 is 1.55 bits per heavy atom. The average Bonchev–Trinajstić information content (AvgIpc) is 2.44. The average molecular weight is 283 g/mol. The van der Waals surface area contributed by atoms with Crippen molar-refractivity contribution in [3.05, 3.63) is 12.2 Å². The van der Waals surface area contributed by atoms with Gasteiger partial charge in [-0.3, -0.25) is 0 Å². The third-order valence-electron chi connectivity index (χ3n) is 4.50. The first-order chi connectivity index (χ1) is 9.58. The lowest BCUT2D eigenvalue weighted by molar-refractivity contribution is 0.155. The van der Waals surface area contributed by atoms with E-state index in [9.17, 15) is 0 Å². The third kappa shape index (κ3) is 12.8. The van der Waals surface area contributed by atoms with Crippen LogP contribution in [0, 0.1) is 11.3 Å². The van der Waals surface area contributed by atoms with E-state index < -0.39 is 0 Å². The molecule has 2 saturated carbocycles. The van der Waals surface area contributed by atoms with Crippen LogP contribution in [0.3, 0.4) is 0 Å². The summed E-state index contributed by atoms with van der Waals surface area (Å²) in [5.41, 5.74) is 0.764. The number of rotatable bonds is 3. The van der Waals surface area contributed by atoms with Gasteiger partial charge in [0.15, 0.2) is 0 Å². The highest BCUT2D eigenvalue weighted by atomic mass is 14.3. The molecule has 2 fully saturated rings. The maximum Gasteiger partial charge on any atom is -0.0328 e. The molecule has 2 aliphatic rings. The first-order valence-corrected chi connectivity index (χ1v) is 9.19. The summed E-state index contributed by atoms with van der Waals surface area (Å²) in [5, 5.41) is 0.